The second-order valence-corrected chi connectivity index (χ2v) is 7.65. The van der Waals surface area contributed by atoms with Gasteiger partial charge in [-0.2, -0.15) is 4.31 Å². The van der Waals surface area contributed by atoms with Gasteiger partial charge < -0.3 is 4.90 Å². The van der Waals surface area contributed by atoms with Crippen LogP contribution in [0, 0.1) is 5.82 Å². The lowest BCUT2D eigenvalue weighted by Gasteiger charge is -2.39. The van der Waals surface area contributed by atoms with E-state index < -0.39 is 15.8 Å². The van der Waals surface area contributed by atoms with Crippen molar-refractivity contribution in [3.05, 3.63) is 66.0 Å². The molecule has 2 aromatic rings. The summed E-state index contributed by atoms with van der Waals surface area (Å²) in [6.07, 6.45) is 0. The third-order valence-corrected chi connectivity index (χ3v) is 6.03. The molecule has 2 aromatic carbocycles. The summed E-state index contributed by atoms with van der Waals surface area (Å²) < 4.78 is 40.9. The Labute approximate surface area is 148 Å². The Bertz CT molecular complexity index is 786. The van der Waals surface area contributed by atoms with Crippen molar-refractivity contribution in [2.45, 2.75) is 10.9 Å². The second kappa shape index (κ2) is 7.61. The molecule has 0 radical (unpaired) electrons. The fourth-order valence-corrected chi connectivity index (χ4v) is 4.53. The predicted octanol–water partition coefficient (Wildman–Crippen LogP) is 2.92. The van der Waals surface area contributed by atoms with Crippen molar-refractivity contribution >= 4 is 22.4 Å². The number of nitrogens with zero attached hydrogens (tertiary/aromatic N) is 2. The van der Waals surface area contributed by atoms with Gasteiger partial charge in [-0.05, 0) is 30.8 Å². The minimum absolute atomic E-state index is 0. The number of piperazine rings is 1. The van der Waals surface area contributed by atoms with Gasteiger partial charge in [0.2, 0.25) is 10.0 Å². The zero-order chi connectivity index (χ0) is 16.4. The number of likely N-dealkylation sites (N-methyl/N-ethyl adjacent to an activating group) is 1. The molecule has 24 heavy (non-hydrogen) atoms. The normalized spacial score (nSPS) is 19.7. The Morgan fingerprint density at radius 2 is 1.75 bits per heavy atom. The first-order chi connectivity index (χ1) is 11.0. The van der Waals surface area contributed by atoms with Crippen LogP contribution in [0.1, 0.15) is 11.6 Å². The Kier molecular flexibility index (Phi) is 5.98. The summed E-state index contributed by atoms with van der Waals surface area (Å²) in [6, 6.07) is 14.5. The van der Waals surface area contributed by atoms with Crippen molar-refractivity contribution in [1.82, 2.24) is 9.21 Å². The summed E-state index contributed by atoms with van der Waals surface area (Å²) in [6.45, 7) is 1.64. The Morgan fingerprint density at radius 1 is 1.04 bits per heavy atom. The van der Waals surface area contributed by atoms with Crippen LogP contribution in [0.3, 0.4) is 0 Å². The highest BCUT2D eigenvalue weighted by molar-refractivity contribution is 7.89. The van der Waals surface area contributed by atoms with Crippen molar-refractivity contribution in [3.8, 4) is 0 Å². The van der Waals surface area contributed by atoms with Gasteiger partial charge in [-0.3, -0.25) is 0 Å². The van der Waals surface area contributed by atoms with Crippen LogP contribution in [0.15, 0.2) is 59.5 Å². The summed E-state index contributed by atoms with van der Waals surface area (Å²) in [5, 5.41) is 0. The topological polar surface area (TPSA) is 40.6 Å². The van der Waals surface area contributed by atoms with Crippen molar-refractivity contribution in [1.29, 1.82) is 0 Å². The fraction of sp³-hybridized carbons (Fsp3) is 0.294. The van der Waals surface area contributed by atoms with E-state index in [1.165, 1.54) is 22.5 Å². The largest absolute Gasteiger partial charge is 0.303 e. The molecule has 7 heteroatoms. The van der Waals surface area contributed by atoms with Gasteiger partial charge in [0.05, 0.1) is 10.9 Å². The molecular weight excluding hydrogens is 351 g/mol. The van der Waals surface area contributed by atoms with E-state index in [4.69, 9.17) is 0 Å². The SMILES string of the molecule is CN1CCN(S(=O)(=O)c2cccc(F)c2)C(c2ccccc2)C1.Cl. The van der Waals surface area contributed by atoms with Crippen LogP contribution < -0.4 is 0 Å². The molecule has 0 spiro atoms. The molecular formula is C17H20ClFN2O2S. The van der Waals surface area contributed by atoms with E-state index in [-0.39, 0.29) is 23.3 Å². The molecule has 0 saturated carbocycles. The molecule has 1 heterocycles. The van der Waals surface area contributed by atoms with E-state index in [2.05, 4.69) is 4.90 Å². The molecule has 1 fully saturated rings. The maximum absolute atomic E-state index is 13.5. The maximum atomic E-state index is 13.5. The predicted molar refractivity (Wildman–Crippen MR) is 94.2 cm³/mol. The number of sulfonamides is 1. The molecule has 1 aliphatic heterocycles. The average Bonchev–Trinajstić information content (AvgIpc) is 2.55. The summed E-state index contributed by atoms with van der Waals surface area (Å²) in [5.74, 6) is -0.545. The Hall–Kier alpha value is -1.47. The van der Waals surface area contributed by atoms with Crippen LogP contribution >= 0.6 is 12.4 Å². The highest BCUT2D eigenvalue weighted by Gasteiger charge is 2.36. The molecule has 0 N–H and O–H groups in total. The zero-order valence-electron chi connectivity index (χ0n) is 13.3. The summed E-state index contributed by atoms with van der Waals surface area (Å²) in [5.41, 5.74) is 0.944. The first-order valence-electron chi connectivity index (χ1n) is 7.49. The van der Waals surface area contributed by atoms with Crippen molar-refractivity contribution < 1.29 is 12.8 Å². The van der Waals surface area contributed by atoms with Gasteiger partial charge in [0.1, 0.15) is 5.82 Å². The molecule has 1 saturated heterocycles. The molecule has 0 bridgehead atoms. The average molecular weight is 371 g/mol. The van der Waals surface area contributed by atoms with Crippen LogP contribution in [-0.2, 0) is 10.0 Å². The molecule has 4 nitrogen and oxygen atoms in total. The molecule has 3 rings (SSSR count). The second-order valence-electron chi connectivity index (χ2n) is 5.76. The van der Waals surface area contributed by atoms with Crippen LogP contribution in [-0.4, -0.2) is 44.3 Å². The van der Waals surface area contributed by atoms with Crippen LogP contribution in [0.5, 0.6) is 0 Å². The lowest BCUT2D eigenvalue weighted by molar-refractivity contribution is 0.160. The van der Waals surface area contributed by atoms with Crippen LogP contribution in [0.2, 0.25) is 0 Å². The first kappa shape index (κ1) is 18.9. The van der Waals surface area contributed by atoms with Gasteiger partial charge in [-0.25, -0.2) is 12.8 Å². The quantitative estimate of drug-likeness (QED) is 0.834. The van der Waals surface area contributed by atoms with E-state index in [0.29, 0.717) is 19.6 Å². The van der Waals surface area contributed by atoms with Gasteiger partial charge in [0, 0.05) is 19.6 Å². The number of rotatable bonds is 3. The monoisotopic (exact) mass is 370 g/mol. The number of hydrogen-bond donors (Lipinski definition) is 0. The molecule has 130 valence electrons. The summed E-state index contributed by atoms with van der Waals surface area (Å²) in [7, 11) is -1.76. The third-order valence-electron chi connectivity index (χ3n) is 4.12. The first-order valence-corrected chi connectivity index (χ1v) is 8.93. The van der Waals surface area contributed by atoms with E-state index in [9.17, 15) is 12.8 Å². The summed E-state index contributed by atoms with van der Waals surface area (Å²) >= 11 is 0. The lowest BCUT2D eigenvalue weighted by Crippen LogP contribution is -2.49. The highest BCUT2D eigenvalue weighted by atomic mass is 35.5. The van der Waals surface area contributed by atoms with Crippen molar-refractivity contribution in [2.24, 2.45) is 0 Å². The van der Waals surface area contributed by atoms with Gasteiger partial charge in [0.25, 0.3) is 0 Å². The van der Waals surface area contributed by atoms with Crippen LogP contribution in [0.25, 0.3) is 0 Å². The minimum atomic E-state index is -3.74. The smallest absolute Gasteiger partial charge is 0.243 e. The third kappa shape index (κ3) is 3.78. The van der Waals surface area contributed by atoms with E-state index in [1.807, 2.05) is 37.4 Å². The number of halogens is 2. The Balaban J connectivity index is 0.00000208. The Morgan fingerprint density at radius 3 is 2.42 bits per heavy atom. The van der Waals surface area contributed by atoms with Crippen molar-refractivity contribution in [3.63, 3.8) is 0 Å². The number of hydrogen-bond acceptors (Lipinski definition) is 3. The van der Waals surface area contributed by atoms with E-state index >= 15 is 0 Å². The van der Waals surface area contributed by atoms with Crippen LogP contribution in [0.4, 0.5) is 4.39 Å². The minimum Gasteiger partial charge on any atom is -0.303 e. The van der Waals surface area contributed by atoms with Gasteiger partial charge in [-0.1, -0.05) is 36.4 Å². The van der Waals surface area contributed by atoms with Gasteiger partial charge in [0.15, 0.2) is 0 Å². The van der Waals surface area contributed by atoms with E-state index in [1.54, 1.807) is 0 Å². The molecule has 1 aliphatic rings. The summed E-state index contributed by atoms with van der Waals surface area (Å²) in [4.78, 5) is 2.11. The zero-order valence-corrected chi connectivity index (χ0v) is 14.9. The van der Waals surface area contributed by atoms with Crippen molar-refractivity contribution in [2.75, 3.05) is 26.7 Å². The fourth-order valence-electron chi connectivity index (χ4n) is 2.90. The molecule has 0 aliphatic carbocycles. The highest BCUT2D eigenvalue weighted by Crippen LogP contribution is 2.30. The molecule has 0 aromatic heterocycles. The molecule has 1 atom stereocenters. The molecule has 0 amide bonds. The molecule has 1 unspecified atom stereocenters. The van der Waals surface area contributed by atoms with Gasteiger partial charge in [-0.15, -0.1) is 12.4 Å². The maximum Gasteiger partial charge on any atom is 0.243 e. The number of benzene rings is 2. The van der Waals surface area contributed by atoms with Gasteiger partial charge >= 0.3 is 0 Å². The van der Waals surface area contributed by atoms with E-state index in [0.717, 1.165) is 11.6 Å². The standard InChI is InChI=1S/C17H19FN2O2S.ClH/c1-19-10-11-20(17(13-19)14-6-3-2-4-7-14)23(21,22)16-9-5-8-15(18)12-16;/h2-9,12,17H,10-11,13H2,1H3;1H. The lowest BCUT2D eigenvalue weighted by atomic mass is 10.1.